The van der Waals surface area contributed by atoms with Crippen LogP contribution in [0.3, 0.4) is 0 Å². The van der Waals surface area contributed by atoms with E-state index >= 15 is 0 Å². The summed E-state index contributed by atoms with van der Waals surface area (Å²) in [6, 6.07) is 0. The van der Waals surface area contributed by atoms with E-state index < -0.39 is 0 Å². The first kappa shape index (κ1) is 12.0. The van der Waals surface area contributed by atoms with E-state index in [2.05, 4.69) is 57.0 Å². The maximum absolute atomic E-state index is 4.51. The summed E-state index contributed by atoms with van der Waals surface area (Å²) in [5.41, 5.74) is 2.51. The number of hydrogen-bond acceptors (Lipinski definition) is 1. The van der Waals surface area contributed by atoms with Crippen molar-refractivity contribution in [2.75, 3.05) is 0 Å². The predicted molar refractivity (Wildman–Crippen MR) is 68.2 cm³/mol. The summed E-state index contributed by atoms with van der Waals surface area (Å²) < 4.78 is 0. The van der Waals surface area contributed by atoms with E-state index in [4.69, 9.17) is 0 Å². The highest BCUT2D eigenvalue weighted by Crippen LogP contribution is 2.31. The Labute approximate surface area is 93.3 Å². The topological polar surface area (TPSA) is 12.4 Å². The first-order valence-electron chi connectivity index (χ1n) is 5.73. The summed E-state index contributed by atoms with van der Waals surface area (Å²) >= 11 is 0. The molecule has 15 heavy (non-hydrogen) atoms. The molecule has 0 bridgehead atoms. The number of allylic oxidation sites excluding steroid dienone is 5. The first-order chi connectivity index (χ1) is 7.11. The van der Waals surface area contributed by atoms with Crippen LogP contribution in [0, 0.1) is 5.41 Å². The van der Waals surface area contributed by atoms with Gasteiger partial charge >= 0.3 is 0 Å². The molecule has 1 atom stereocenters. The number of hydrogen-bond donors (Lipinski definition) is 0. The van der Waals surface area contributed by atoms with Crippen LogP contribution in [0.25, 0.3) is 0 Å². The molecule has 0 aromatic carbocycles. The van der Waals surface area contributed by atoms with Crippen LogP contribution < -0.4 is 0 Å². The second kappa shape index (κ2) is 5.11. The van der Waals surface area contributed by atoms with E-state index in [1.54, 1.807) is 0 Å². The van der Waals surface area contributed by atoms with Gasteiger partial charge in [0.1, 0.15) is 0 Å². The molecule has 1 rings (SSSR count). The minimum Gasteiger partial charge on any atom is -0.261 e. The standard InChI is InChI=1S/C14H21N/c1-5-10-15-13-11-14(4,6-2)9-7-8-12(13)3/h7-11H,5-6H2,1-4H3. The van der Waals surface area contributed by atoms with E-state index in [1.807, 2.05) is 6.21 Å². The zero-order chi connectivity index (χ0) is 11.3. The molecule has 0 fully saturated rings. The summed E-state index contributed by atoms with van der Waals surface area (Å²) in [6.45, 7) is 8.68. The summed E-state index contributed by atoms with van der Waals surface area (Å²) in [5.74, 6) is 0. The third kappa shape index (κ3) is 3.19. The summed E-state index contributed by atoms with van der Waals surface area (Å²) in [4.78, 5) is 4.51. The Morgan fingerprint density at radius 2 is 2.13 bits per heavy atom. The van der Waals surface area contributed by atoms with Crippen LogP contribution in [-0.2, 0) is 0 Å². The number of aliphatic imine (C=N–C) groups is 1. The highest BCUT2D eigenvalue weighted by Gasteiger charge is 2.18. The van der Waals surface area contributed by atoms with Gasteiger partial charge in [0.15, 0.2) is 0 Å². The normalized spacial score (nSPS) is 26.4. The average Bonchev–Trinajstić information content (AvgIpc) is 2.37. The van der Waals surface area contributed by atoms with Crippen LogP contribution in [-0.4, -0.2) is 6.21 Å². The molecule has 0 radical (unpaired) electrons. The van der Waals surface area contributed by atoms with Crippen molar-refractivity contribution in [3.8, 4) is 0 Å². The monoisotopic (exact) mass is 203 g/mol. The SMILES string of the molecule is CCC=NC1=CC(C)(CC)C=CC=C1C. The minimum atomic E-state index is 0.147. The van der Waals surface area contributed by atoms with E-state index in [1.165, 1.54) is 5.57 Å². The summed E-state index contributed by atoms with van der Waals surface area (Å²) in [7, 11) is 0. The van der Waals surface area contributed by atoms with E-state index in [0.717, 1.165) is 18.5 Å². The lowest BCUT2D eigenvalue weighted by Crippen LogP contribution is -2.07. The number of nitrogens with zero attached hydrogens (tertiary/aromatic N) is 1. The highest BCUT2D eigenvalue weighted by molar-refractivity contribution is 5.60. The van der Waals surface area contributed by atoms with E-state index in [0.29, 0.717) is 0 Å². The predicted octanol–water partition coefficient (Wildman–Crippen LogP) is 4.28. The lowest BCUT2D eigenvalue weighted by molar-refractivity contribution is 0.528. The molecule has 1 aliphatic carbocycles. The van der Waals surface area contributed by atoms with Crippen molar-refractivity contribution in [2.24, 2.45) is 10.4 Å². The Kier molecular flexibility index (Phi) is 4.07. The second-order valence-electron chi connectivity index (χ2n) is 4.32. The van der Waals surface area contributed by atoms with Crippen molar-refractivity contribution in [2.45, 2.75) is 40.5 Å². The van der Waals surface area contributed by atoms with Gasteiger partial charge in [-0.1, -0.05) is 39.0 Å². The van der Waals surface area contributed by atoms with Gasteiger partial charge in [-0.05, 0) is 31.4 Å². The van der Waals surface area contributed by atoms with Gasteiger partial charge in [-0.2, -0.15) is 0 Å². The molecule has 1 aliphatic rings. The van der Waals surface area contributed by atoms with Crippen molar-refractivity contribution in [1.82, 2.24) is 0 Å². The van der Waals surface area contributed by atoms with Crippen LogP contribution in [0.5, 0.6) is 0 Å². The number of rotatable bonds is 3. The Morgan fingerprint density at radius 3 is 2.73 bits per heavy atom. The van der Waals surface area contributed by atoms with Gasteiger partial charge in [0.25, 0.3) is 0 Å². The fourth-order valence-electron chi connectivity index (χ4n) is 1.52. The van der Waals surface area contributed by atoms with Gasteiger partial charge < -0.3 is 0 Å². The molecule has 0 amide bonds. The lowest BCUT2D eigenvalue weighted by atomic mass is 9.86. The molecule has 0 saturated carbocycles. The molecule has 0 spiro atoms. The maximum atomic E-state index is 4.51. The third-order valence-electron chi connectivity index (χ3n) is 2.87. The van der Waals surface area contributed by atoms with E-state index in [9.17, 15) is 0 Å². The Balaban J connectivity index is 3.04. The Morgan fingerprint density at radius 1 is 1.40 bits per heavy atom. The van der Waals surface area contributed by atoms with Crippen molar-refractivity contribution >= 4 is 6.21 Å². The molecule has 1 heteroatoms. The van der Waals surface area contributed by atoms with Gasteiger partial charge in [0, 0.05) is 11.6 Å². The minimum absolute atomic E-state index is 0.147. The average molecular weight is 203 g/mol. The lowest BCUT2D eigenvalue weighted by Gasteiger charge is -2.19. The Bertz CT molecular complexity index is 331. The second-order valence-corrected chi connectivity index (χ2v) is 4.32. The van der Waals surface area contributed by atoms with Crippen LogP contribution >= 0.6 is 0 Å². The Hall–Kier alpha value is -1.11. The quantitative estimate of drug-likeness (QED) is 0.607. The molecule has 0 aromatic heterocycles. The van der Waals surface area contributed by atoms with E-state index in [-0.39, 0.29) is 5.41 Å². The third-order valence-corrected chi connectivity index (χ3v) is 2.87. The van der Waals surface area contributed by atoms with Crippen molar-refractivity contribution < 1.29 is 0 Å². The molecule has 0 heterocycles. The van der Waals surface area contributed by atoms with Crippen LogP contribution in [0.4, 0.5) is 0 Å². The summed E-state index contributed by atoms with van der Waals surface area (Å²) in [5, 5.41) is 0. The molecule has 0 aromatic rings. The van der Waals surface area contributed by atoms with Crippen LogP contribution in [0.1, 0.15) is 40.5 Å². The fraction of sp³-hybridized carbons (Fsp3) is 0.500. The van der Waals surface area contributed by atoms with Gasteiger partial charge in [-0.3, -0.25) is 4.99 Å². The van der Waals surface area contributed by atoms with Crippen molar-refractivity contribution in [3.05, 3.63) is 35.6 Å². The molecule has 1 nitrogen and oxygen atoms in total. The van der Waals surface area contributed by atoms with Gasteiger partial charge in [0.05, 0.1) is 5.70 Å². The molecule has 82 valence electrons. The molecular formula is C14H21N. The molecule has 1 unspecified atom stereocenters. The maximum Gasteiger partial charge on any atom is 0.0623 e. The van der Waals surface area contributed by atoms with Crippen molar-refractivity contribution in [3.63, 3.8) is 0 Å². The van der Waals surface area contributed by atoms with Crippen LogP contribution in [0.15, 0.2) is 40.6 Å². The fourth-order valence-corrected chi connectivity index (χ4v) is 1.52. The molecule has 0 aliphatic heterocycles. The smallest absolute Gasteiger partial charge is 0.0623 e. The molecular weight excluding hydrogens is 182 g/mol. The van der Waals surface area contributed by atoms with Gasteiger partial charge in [0.2, 0.25) is 0 Å². The zero-order valence-electron chi connectivity index (χ0n) is 10.2. The molecule has 0 saturated heterocycles. The molecule has 0 N–H and O–H groups in total. The first-order valence-corrected chi connectivity index (χ1v) is 5.73. The van der Waals surface area contributed by atoms with Gasteiger partial charge in [-0.25, -0.2) is 0 Å². The van der Waals surface area contributed by atoms with Gasteiger partial charge in [-0.15, -0.1) is 0 Å². The largest absolute Gasteiger partial charge is 0.261 e. The van der Waals surface area contributed by atoms with Crippen molar-refractivity contribution in [1.29, 1.82) is 0 Å². The summed E-state index contributed by atoms with van der Waals surface area (Å²) in [6.07, 6.45) is 12.9. The van der Waals surface area contributed by atoms with Crippen LogP contribution in [0.2, 0.25) is 0 Å². The zero-order valence-corrected chi connectivity index (χ0v) is 10.2. The highest BCUT2D eigenvalue weighted by atomic mass is 14.7.